The van der Waals surface area contributed by atoms with Crippen LogP contribution >= 0.6 is 11.8 Å². The summed E-state index contributed by atoms with van der Waals surface area (Å²) < 4.78 is 2.23. The first kappa shape index (κ1) is 13.6. The Kier molecular flexibility index (Phi) is 6.57. The number of thioether (sulfide) groups is 1. The average Bonchev–Trinajstić information content (AvgIpc) is 2.72. The smallest absolute Gasteiger partial charge is 0.0948 e. The largest absolute Gasteiger partial charge is 0.333 e. The number of rotatable bonds is 8. The molecule has 1 aromatic heterocycles. The maximum Gasteiger partial charge on any atom is 0.0948 e. The number of hydrogen-bond donors (Lipinski definition) is 1. The summed E-state index contributed by atoms with van der Waals surface area (Å²) in [5.74, 6) is 1.18. The van der Waals surface area contributed by atoms with Crippen LogP contribution < -0.4 is 5.32 Å². The van der Waals surface area contributed by atoms with E-state index in [2.05, 4.69) is 35.0 Å². The number of aryl methyl sites for hydroxylation is 1. The van der Waals surface area contributed by atoms with Gasteiger partial charge in [0.2, 0.25) is 0 Å². The third kappa shape index (κ3) is 4.18. The zero-order chi connectivity index (χ0) is 11.8. The molecule has 0 aliphatic rings. The van der Waals surface area contributed by atoms with Gasteiger partial charge in [0.05, 0.1) is 12.0 Å². The molecule has 1 N–H and O–H groups in total. The van der Waals surface area contributed by atoms with Gasteiger partial charge in [-0.2, -0.15) is 11.8 Å². The van der Waals surface area contributed by atoms with Crippen LogP contribution in [0.5, 0.6) is 0 Å². The summed E-state index contributed by atoms with van der Waals surface area (Å²) in [6, 6.07) is 0.611. The first-order chi connectivity index (χ1) is 7.81. The van der Waals surface area contributed by atoms with Crippen molar-refractivity contribution in [3.8, 4) is 0 Å². The van der Waals surface area contributed by atoms with Gasteiger partial charge in [0.1, 0.15) is 0 Å². The molecule has 0 aliphatic heterocycles. The summed E-state index contributed by atoms with van der Waals surface area (Å²) in [6.07, 6.45) is 8.39. The summed E-state index contributed by atoms with van der Waals surface area (Å²) in [4.78, 5) is 4.21. The van der Waals surface area contributed by atoms with Gasteiger partial charge in [0, 0.05) is 31.1 Å². The molecule has 4 heteroatoms. The topological polar surface area (TPSA) is 29.9 Å². The summed E-state index contributed by atoms with van der Waals surface area (Å²) in [7, 11) is 0. The number of nitrogens with zero attached hydrogens (tertiary/aromatic N) is 2. The Bertz CT molecular complexity index is 286. The van der Waals surface area contributed by atoms with Gasteiger partial charge in [-0.05, 0) is 19.1 Å². The van der Waals surface area contributed by atoms with Crippen molar-refractivity contribution in [2.45, 2.75) is 45.8 Å². The minimum Gasteiger partial charge on any atom is -0.333 e. The van der Waals surface area contributed by atoms with Crippen LogP contribution in [0.3, 0.4) is 0 Å². The fraction of sp³-hybridized carbons (Fsp3) is 0.750. The Morgan fingerprint density at radius 1 is 1.50 bits per heavy atom. The lowest BCUT2D eigenvalue weighted by molar-refractivity contribution is 0.518. The lowest BCUT2D eigenvalue weighted by Gasteiger charge is -2.16. The van der Waals surface area contributed by atoms with Gasteiger partial charge >= 0.3 is 0 Å². The van der Waals surface area contributed by atoms with Crippen LogP contribution in [0.1, 0.15) is 32.4 Å². The molecule has 1 unspecified atom stereocenters. The molecule has 1 atom stereocenters. The quantitative estimate of drug-likeness (QED) is 0.758. The molecule has 0 aromatic carbocycles. The van der Waals surface area contributed by atoms with Crippen LogP contribution in [0.2, 0.25) is 0 Å². The van der Waals surface area contributed by atoms with E-state index in [1.54, 1.807) is 0 Å². The van der Waals surface area contributed by atoms with Crippen molar-refractivity contribution in [3.63, 3.8) is 0 Å². The molecule has 0 bridgehead atoms. The highest BCUT2D eigenvalue weighted by atomic mass is 32.2. The predicted molar refractivity (Wildman–Crippen MR) is 71.8 cm³/mol. The molecule has 0 aliphatic carbocycles. The van der Waals surface area contributed by atoms with E-state index in [9.17, 15) is 0 Å². The third-order valence-corrected chi connectivity index (χ3v) is 3.43. The van der Waals surface area contributed by atoms with Crippen LogP contribution in [-0.4, -0.2) is 27.6 Å². The Morgan fingerprint density at radius 3 is 2.94 bits per heavy atom. The van der Waals surface area contributed by atoms with Crippen molar-refractivity contribution < 1.29 is 0 Å². The van der Waals surface area contributed by atoms with Crippen molar-refractivity contribution in [1.29, 1.82) is 0 Å². The van der Waals surface area contributed by atoms with Gasteiger partial charge in [0.15, 0.2) is 0 Å². The maximum absolute atomic E-state index is 4.21. The first-order valence-electron chi connectivity index (χ1n) is 6.03. The van der Waals surface area contributed by atoms with Crippen molar-refractivity contribution >= 4 is 11.8 Å². The fourth-order valence-corrected chi connectivity index (χ4v) is 2.46. The van der Waals surface area contributed by atoms with E-state index in [1.165, 1.54) is 17.9 Å². The minimum atomic E-state index is 0.611. The van der Waals surface area contributed by atoms with E-state index in [1.807, 2.05) is 24.3 Å². The first-order valence-corrected chi connectivity index (χ1v) is 7.42. The number of hydrogen-bond acceptors (Lipinski definition) is 3. The molecule has 3 nitrogen and oxygen atoms in total. The number of nitrogens with one attached hydrogen (secondary N) is 1. The van der Waals surface area contributed by atoms with E-state index in [0.717, 1.165) is 19.5 Å². The predicted octanol–water partition coefficient (Wildman–Crippen LogP) is 2.52. The molecule has 1 rings (SSSR count). The van der Waals surface area contributed by atoms with Gasteiger partial charge in [-0.3, -0.25) is 0 Å². The van der Waals surface area contributed by atoms with Crippen LogP contribution in [0.25, 0.3) is 0 Å². The van der Waals surface area contributed by atoms with Crippen LogP contribution in [0, 0.1) is 0 Å². The fourth-order valence-electron chi connectivity index (χ4n) is 1.71. The van der Waals surface area contributed by atoms with E-state index in [0.29, 0.717) is 6.04 Å². The molecule has 16 heavy (non-hydrogen) atoms. The van der Waals surface area contributed by atoms with Gasteiger partial charge in [-0.25, -0.2) is 4.98 Å². The zero-order valence-corrected chi connectivity index (χ0v) is 11.4. The highest BCUT2D eigenvalue weighted by Crippen LogP contribution is 2.05. The highest BCUT2D eigenvalue weighted by molar-refractivity contribution is 7.98. The molecule has 0 fully saturated rings. The Morgan fingerprint density at radius 2 is 2.31 bits per heavy atom. The van der Waals surface area contributed by atoms with E-state index in [4.69, 9.17) is 0 Å². The molecule has 1 heterocycles. The second kappa shape index (κ2) is 7.74. The molecule has 0 spiro atoms. The summed E-state index contributed by atoms with van der Waals surface area (Å²) in [6.45, 7) is 6.42. The van der Waals surface area contributed by atoms with E-state index < -0.39 is 0 Å². The maximum atomic E-state index is 4.21. The monoisotopic (exact) mass is 241 g/mol. The SMILES string of the molecule is CCCn1cncc1CNC(CC)CSC. The van der Waals surface area contributed by atoms with Gasteiger partial charge in [-0.15, -0.1) is 0 Å². The van der Waals surface area contributed by atoms with Gasteiger partial charge < -0.3 is 9.88 Å². The lowest BCUT2D eigenvalue weighted by Crippen LogP contribution is -2.30. The lowest BCUT2D eigenvalue weighted by atomic mass is 10.2. The molecule has 0 saturated heterocycles. The average molecular weight is 241 g/mol. The summed E-state index contributed by atoms with van der Waals surface area (Å²) >= 11 is 1.90. The molecular formula is C12H23N3S. The molecule has 0 amide bonds. The summed E-state index contributed by atoms with van der Waals surface area (Å²) in [5.41, 5.74) is 1.29. The Hall–Kier alpha value is -0.480. The number of aromatic nitrogens is 2. The highest BCUT2D eigenvalue weighted by Gasteiger charge is 2.06. The standard InChI is InChI=1S/C12H23N3S/c1-4-6-15-10-13-7-12(15)8-14-11(5-2)9-16-3/h7,10-11,14H,4-6,8-9H2,1-3H3. The van der Waals surface area contributed by atoms with Crippen LogP contribution in [-0.2, 0) is 13.1 Å². The minimum absolute atomic E-state index is 0.611. The van der Waals surface area contributed by atoms with Gasteiger partial charge in [0.25, 0.3) is 0 Å². The molecule has 92 valence electrons. The zero-order valence-electron chi connectivity index (χ0n) is 10.6. The molecule has 0 saturated carbocycles. The van der Waals surface area contributed by atoms with Crippen LogP contribution in [0.4, 0.5) is 0 Å². The van der Waals surface area contributed by atoms with E-state index >= 15 is 0 Å². The molecule has 1 aromatic rings. The van der Waals surface area contributed by atoms with Crippen molar-refractivity contribution in [1.82, 2.24) is 14.9 Å². The van der Waals surface area contributed by atoms with Crippen LogP contribution in [0.15, 0.2) is 12.5 Å². The Balaban J connectivity index is 2.43. The second-order valence-electron chi connectivity index (χ2n) is 4.02. The number of imidazole rings is 1. The molecular weight excluding hydrogens is 218 g/mol. The van der Waals surface area contributed by atoms with Gasteiger partial charge in [-0.1, -0.05) is 13.8 Å². The normalized spacial score (nSPS) is 12.9. The van der Waals surface area contributed by atoms with E-state index in [-0.39, 0.29) is 0 Å². The summed E-state index contributed by atoms with van der Waals surface area (Å²) in [5, 5.41) is 3.59. The Labute approximate surface area is 103 Å². The van der Waals surface area contributed by atoms with Crippen molar-refractivity contribution in [2.75, 3.05) is 12.0 Å². The second-order valence-corrected chi connectivity index (χ2v) is 4.93. The molecule has 0 radical (unpaired) electrons. The van der Waals surface area contributed by atoms with Crippen molar-refractivity contribution in [2.24, 2.45) is 0 Å². The third-order valence-electron chi connectivity index (χ3n) is 2.70. The van der Waals surface area contributed by atoms with Crippen molar-refractivity contribution in [3.05, 3.63) is 18.2 Å².